The maximum absolute atomic E-state index is 4.90. The molecule has 2 N–H and O–H groups in total. The summed E-state index contributed by atoms with van der Waals surface area (Å²) in [6.45, 7) is 1.48. The fourth-order valence-electron chi connectivity index (χ4n) is 0.613. The molecule has 1 aliphatic rings. The van der Waals surface area contributed by atoms with Crippen molar-refractivity contribution in [2.24, 2.45) is 0 Å². The molecule has 8 heavy (non-hydrogen) atoms. The SMILES string of the molecule is CNCC1=COCN1. The summed E-state index contributed by atoms with van der Waals surface area (Å²) >= 11 is 0. The molecule has 0 bridgehead atoms. The van der Waals surface area contributed by atoms with Gasteiger partial charge in [0.05, 0.1) is 5.70 Å². The van der Waals surface area contributed by atoms with Gasteiger partial charge in [-0.2, -0.15) is 0 Å². The van der Waals surface area contributed by atoms with E-state index in [4.69, 9.17) is 4.74 Å². The Balaban J connectivity index is 2.23. The summed E-state index contributed by atoms with van der Waals surface area (Å²) in [6.07, 6.45) is 1.73. The summed E-state index contributed by atoms with van der Waals surface area (Å²) in [5, 5.41) is 6.03. The summed E-state index contributed by atoms with van der Waals surface area (Å²) in [7, 11) is 1.90. The average molecular weight is 114 g/mol. The Morgan fingerprint density at radius 3 is 3.38 bits per heavy atom. The van der Waals surface area contributed by atoms with Gasteiger partial charge in [0.25, 0.3) is 0 Å². The van der Waals surface area contributed by atoms with Gasteiger partial charge in [0.15, 0.2) is 6.73 Å². The molecule has 1 heterocycles. The third-order valence-electron chi connectivity index (χ3n) is 0.975. The molecule has 46 valence electrons. The highest BCUT2D eigenvalue weighted by Gasteiger charge is 1.99. The summed E-state index contributed by atoms with van der Waals surface area (Å²) in [4.78, 5) is 0. The van der Waals surface area contributed by atoms with Crippen LogP contribution in [0.2, 0.25) is 0 Å². The Labute approximate surface area is 48.7 Å². The van der Waals surface area contributed by atoms with Gasteiger partial charge in [0.2, 0.25) is 0 Å². The van der Waals surface area contributed by atoms with E-state index in [0.29, 0.717) is 6.73 Å². The van der Waals surface area contributed by atoms with Crippen LogP contribution >= 0.6 is 0 Å². The smallest absolute Gasteiger partial charge is 0.158 e. The summed E-state index contributed by atoms with van der Waals surface area (Å²) in [5.74, 6) is 0. The Bertz CT molecular complexity index is 101. The summed E-state index contributed by atoms with van der Waals surface area (Å²) in [5.41, 5.74) is 1.12. The van der Waals surface area contributed by atoms with Gasteiger partial charge in [-0.25, -0.2) is 0 Å². The van der Waals surface area contributed by atoms with Crippen LogP contribution in [0.4, 0.5) is 0 Å². The number of ether oxygens (including phenoxy) is 1. The van der Waals surface area contributed by atoms with Crippen molar-refractivity contribution in [1.82, 2.24) is 10.6 Å². The zero-order valence-corrected chi connectivity index (χ0v) is 4.90. The van der Waals surface area contributed by atoms with Gasteiger partial charge in [-0.15, -0.1) is 0 Å². The van der Waals surface area contributed by atoms with E-state index in [0.717, 1.165) is 12.2 Å². The highest BCUT2D eigenvalue weighted by molar-refractivity contribution is 4.99. The molecule has 1 aliphatic heterocycles. The lowest BCUT2D eigenvalue weighted by molar-refractivity contribution is 0.267. The first-order chi connectivity index (χ1) is 3.93. The van der Waals surface area contributed by atoms with Crippen LogP contribution in [0, 0.1) is 0 Å². The van der Waals surface area contributed by atoms with E-state index in [-0.39, 0.29) is 0 Å². The number of hydrogen-bond acceptors (Lipinski definition) is 3. The van der Waals surface area contributed by atoms with Crippen LogP contribution in [-0.4, -0.2) is 20.3 Å². The van der Waals surface area contributed by atoms with Gasteiger partial charge < -0.3 is 15.4 Å². The standard InChI is InChI=1S/C5H10N2O/c1-6-2-5-3-8-4-7-5/h3,6-7H,2,4H2,1H3. The van der Waals surface area contributed by atoms with Gasteiger partial charge in [0, 0.05) is 6.54 Å². The predicted molar refractivity (Wildman–Crippen MR) is 31.1 cm³/mol. The largest absolute Gasteiger partial charge is 0.479 e. The molecule has 1 rings (SSSR count). The molecule has 0 saturated heterocycles. The van der Waals surface area contributed by atoms with Crippen LogP contribution in [0.25, 0.3) is 0 Å². The Morgan fingerprint density at radius 2 is 2.88 bits per heavy atom. The Hall–Kier alpha value is -0.700. The fourth-order valence-corrected chi connectivity index (χ4v) is 0.613. The molecule has 0 atom stereocenters. The Morgan fingerprint density at radius 1 is 2.00 bits per heavy atom. The average Bonchev–Trinajstić information content (AvgIpc) is 2.19. The van der Waals surface area contributed by atoms with E-state index in [9.17, 15) is 0 Å². The molecule has 0 saturated carbocycles. The van der Waals surface area contributed by atoms with Gasteiger partial charge >= 0.3 is 0 Å². The maximum atomic E-state index is 4.90. The van der Waals surface area contributed by atoms with Crippen molar-refractivity contribution in [2.45, 2.75) is 0 Å². The normalized spacial score (nSPS) is 16.9. The molecule has 0 amide bonds. The Kier molecular flexibility index (Phi) is 1.75. The monoisotopic (exact) mass is 114 g/mol. The van der Waals surface area contributed by atoms with Crippen molar-refractivity contribution < 1.29 is 4.74 Å². The molecule has 0 fully saturated rings. The molecule has 3 heteroatoms. The molecular weight excluding hydrogens is 104 g/mol. The van der Waals surface area contributed by atoms with Crippen LogP contribution in [0.15, 0.2) is 12.0 Å². The number of hydrogen-bond donors (Lipinski definition) is 2. The quantitative estimate of drug-likeness (QED) is 0.513. The first-order valence-corrected chi connectivity index (χ1v) is 2.62. The highest BCUT2D eigenvalue weighted by Crippen LogP contribution is 1.93. The molecule has 0 aromatic carbocycles. The third kappa shape index (κ3) is 1.13. The van der Waals surface area contributed by atoms with Crippen molar-refractivity contribution in [1.29, 1.82) is 0 Å². The van der Waals surface area contributed by atoms with Crippen LogP contribution in [-0.2, 0) is 4.74 Å². The zero-order chi connectivity index (χ0) is 5.82. The number of rotatable bonds is 2. The van der Waals surface area contributed by atoms with E-state index >= 15 is 0 Å². The first-order valence-electron chi connectivity index (χ1n) is 2.62. The van der Waals surface area contributed by atoms with Crippen LogP contribution in [0.5, 0.6) is 0 Å². The minimum Gasteiger partial charge on any atom is -0.479 e. The minimum absolute atomic E-state index is 0.622. The molecule has 0 aromatic rings. The van der Waals surface area contributed by atoms with E-state index in [2.05, 4.69) is 10.6 Å². The van der Waals surface area contributed by atoms with E-state index in [1.807, 2.05) is 7.05 Å². The molecule has 0 radical (unpaired) electrons. The van der Waals surface area contributed by atoms with Crippen molar-refractivity contribution in [2.75, 3.05) is 20.3 Å². The number of nitrogens with one attached hydrogen (secondary N) is 2. The highest BCUT2D eigenvalue weighted by atomic mass is 16.5. The van der Waals surface area contributed by atoms with Crippen molar-refractivity contribution in [3.63, 3.8) is 0 Å². The topological polar surface area (TPSA) is 33.3 Å². The lowest BCUT2D eigenvalue weighted by atomic mass is 10.5. The molecule has 0 unspecified atom stereocenters. The van der Waals surface area contributed by atoms with E-state index in [1.54, 1.807) is 6.26 Å². The summed E-state index contributed by atoms with van der Waals surface area (Å²) < 4.78 is 4.90. The van der Waals surface area contributed by atoms with Crippen LogP contribution in [0.1, 0.15) is 0 Å². The van der Waals surface area contributed by atoms with E-state index in [1.165, 1.54) is 0 Å². The second-order valence-electron chi connectivity index (χ2n) is 1.66. The van der Waals surface area contributed by atoms with Crippen molar-refractivity contribution >= 4 is 0 Å². The maximum Gasteiger partial charge on any atom is 0.158 e. The second-order valence-corrected chi connectivity index (χ2v) is 1.66. The van der Waals surface area contributed by atoms with Gasteiger partial charge in [-0.1, -0.05) is 0 Å². The lowest BCUT2D eigenvalue weighted by Gasteiger charge is -1.96. The van der Waals surface area contributed by atoms with Crippen molar-refractivity contribution in [3.05, 3.63) is 12.0 Å². The van der Waals surface area contributed by atoms with Gasteiger partial charge in [0.1, 0.15) is 6.26 Å². The minimum atomic E-state index is 0.622. The molecular formula is C5H10N2O. The lowest BCUT2D eigenvalue weighted by Crippen LogP contribution is -2.19. The summed E-state index contributed by atoms with van der Waals surface area (Å²) in [6, 6.07) is 0. The molecule has 0 aliphatic carbocycles. The first kappa shape index (κ1) is 5.44. The van der Waals surface area contributed by atoms with E-state index < -0.39 is 0 Å². The predicted octanol–water partition coefficient (Wildman–Crippen LogP) is -0.376. The van der Waals surface area contributed by atoms with Crippen LogP contribution < -0.4 is 10.6 Å². The van der Waals surface area contributed by atoms with Gasteiger partial charge in [-0.05, 0) is 7.05 Å². The zero-order valence-electron chi connectivity index (χ0n) is 4.90. The van der Waals surface area contributed by atoms with Crippen LogP contribution in [0.3, 0.4) is 0 Å². The fraction of sp³-hybridized carbons (Fsp3) is 0.600. The number of likely N-dealkylation sites (N-methyl/N-ethyl adjacent to an activating group) is 1. The van der Waals surface area contributed by atoms with Gasteiger partial charge in [-0.3, -0.25) is 0 Å². The molecule has 0 spiro atoms. The van der Waals surface area contributed by atoms with Crippen molar-refractivity contribution in [3.8, 4) is 0 Å². The third-order valence-corrected chi connectivity index (χ3v) is 0.975. The molecule has 0 aromatic heterocycles. The second kappa shape index (κ2) is 2.57. The molecule has 3 nitrogen and oxygen atoms in total.